The lowest BCUT2D eigenvalue weighted by molar-refractivity contribution is -0.858. The zero-order valence-corrected chi connectivity index (χ0v) is 16.5. The number of quaternary nitrogens is 1. The van der Waals surface area contributed by atoms with Gasteiger partial charge in [0.25, 0.3) is 5.91 Å². The molecule has 3 aromatic rings. The SMILES string of the molecule is CCc1ccc2nc(N(CCC[NH+](C)C)C(=O)c3cccs3)sc2c1. The second-order valence-corrected chi connectivity index (χ2v) is 8.35. The van der Waals surface area contributed by atoms with Crippen molar-refractivity contribution >= 4 is 43.9 Å². The molecule has 0 bridgehead atoms. The molecule has 0 fully saturated rings. The minimum absolute atomic E-state index is 0.0542. The second kappa shape index (κ2) is 8.08. The monoisotopic (exact) mass is 374 g/mol. The van der Waals surface area contributed by atoms with Crippen molar-refractivity contribution in [2.24, 2.45) is 0 Å². The predicted molar refractivity (Wildman–Crippen MR) is 107 cm³/mol. The number of carbonyl (C=O) groups is 1. The number of benzene rings is 1. The van der Waals surface area contributed by atoms with Gasteiger partial charge in [-0.05, 0) is 35.6 Å². The molecule has 0 aliphatic heterocycles. The van der Waals surface area contributed by atoms with E-state index in [1.54, 1.807) is 11.3 Å². The number of fused-ring (bicyclic) bond motifs is 1. The van der Waals surface area contributed by atoms with E-state index >= 15 is 0 Å². The number of amides is 1. The zero-order valence-electron chi connectivity index (χ0n) is 14.9. The first-order chi connectivity index (χ1) is 12.1. The van der Waals surface area contributed by atoms with Crippen LogP contribution in [0, 0.1) is 0 Å². The van der Waals surface area contributed by atoms with E-state index in [0.717, 1.165) is 39.6 Å². The van der Waals surface area contributed by atoms with Crippen molar-refractivity contribution in [1.29, 1.82) is 0 Å². The van der Waals surface area contributed by atoms with E-state index in [-0.39, 0.29) is 5.91 Å². The van der Waals surface area contributed by atoms with Crippen LogP contribution in [0.25, 0.3) is 10.2 Å². The number of thiazole rings is 1. The molecule has 0 atom stereocenters. The zero-order chi connectivity index (χ0) is 17.8. The van der Waals surface area contributed by atoms with Gasteiger partial charge < -0.3 is 4.90 Å². The third kappa shape index (κ3) is 4.26. The number of nitrogens with one attached hydrogen (secondary N) is 1. The highest BCUT2D eigenvalue weighted by molar-refractivity contribution is 7.22. The summed E-state index contributed by atoms with van der Waals surface area (Å²) in [6, 6.07) is 10.2. The summed E-state index contributed by atoms with van der Waals surface area (Å²) in [6.07, 6.45) is 1.96. The van der Waals surface area contributed by atoms with Gasteiger partial charge in [-0.15, -0.1) is 11.3 Å². The van der Waals surface area contributed by atoms with Crippen LogP contribution in [0.5, 0.6) is 0 Å². The molecule has 1 N–H and O–H groups in total. The highest BCUT2D eigenvalue weighted by Gasteiger charge is 2.22. The number of carbonyl (C=O) groups excluding carboxylic acids is 1. The van der Waals surface area contributed by atoms with Gasteiger partial charge in [-0.25, -0.2) is 4.98 Å². The molecule has 0 unspecified atom stereocenters. The predicted octanol–water partition coefficient (Wildman–Crippen LogP) is 3.10. The molecule has 132 valence electrons. The van der Waals surface area contributed by atoms with Gasteiger partial charge in [-0.2, -0.15) is 0 Å². The topological polar surface area (TPSA) is 37.6 Å². The summed E-state index contributed by atoms with van der Waals surface area (Å²) < 4.78 is 1.15. The van der Waals surface area contributed by atoms with Crippen LogP contribution in [0.2, 0.25) is 0 Å². The van der Waals surface area contributed by atoms with Gasteiger partial charge in [0.2, 0.25) is 0 Å². The summed E-state index contributed by atoms with van der Waals surface area (Å²) >= 11 is 3.10. The third-order valence-corrected chi connectivity index (χ3v) is 6.02. The van der Waals surface area contributed by atoms with Crippen molar-refractivity contribution in [3.05, 3.63) is 46.2 Å². The summed E-state index contributed by atoms with van der Waals surface area (Å²) in [6.45, 7) is 3.88. The van der Waals surface area contributed by atoms with Crippen LogP contribution in [-0.2, 0) is 6.42 Å². The Hall–Kier alpha value is -1.76. The van der Waals surface area contributed by atoms with Crippen molar-refractivity contribution < 1.29 is 9.69 Å². The third-order valence-electron chi connectivity index (χ3n) is 4.12. The lowest BCUT2D eigenvalue weighted by Crippen LogP contribution is -3.05. The van der Waals surface area contributed by atoms with Crippen molar-refractivity contribution in [3.8, 4) is 0 Å². The van der Waals surface area contributed by atoms with Gasteiger partial charge in [0.1, 0.15) is 0 Å². The molecule has 3 rings (SSSR count). The molecule has 0 saturated carbocycles. The molecule has 0 radical (unpaired) electrons. The van der Waals surface area contributed by atoms with Crippen LogP contribution < -0.4 is 9.80 Å². The van der Waals surface area contributed by atoms with Gasteiger partial charge in [0.05, 0.1) is 35.7 Å². The van der Waals surface area contributed by atoms with Crippen molar-refractivity contribution in [2.45, 2.75) is 19.8 Å². The molecular weight excluding hydrogens is 350 g/mol. The lowest BCUT2D eigenvalue weighted by Gasteiger charge is -2.19. The Morgan fingerprint density at radius 1 is 1.28 bits per heavy atom. The summed E-state index contributed by atoms with van der Waals surface area (Å²) in [7, 11) is 4.27. The Morgan fingerprint density at radius 3 is 2.80 bits per heavy atom. The average Bonchev–Trinajstić information content (AvgIpc) is 3.26. The first-order valence-electron chi connectivity index (χ1n) is 8.62. The maximum absolute atomic E-state index is 13.0. The fourth-order valence-electron chi connectivity index (χ4n) is 2.70. The van der Waals surface area contributed by atoms with Crippen LogP contribution in [-0.4, -0.2) is 38.1 Å². The molecule has 25 heavy (non-hydrogen) atoms. The van der Waals surface area contributed by atoms with Crippen molar-refractivity contribution in [2.75, 3.05) is 32.1 Å². The number of aromatic nitrogens is 1. The normalized spacial score (nSPS) is 11.4. The number of hydrogen-bond donors (Lipinski definition) is 1. The van der Waals surface area contributed by atoms with E-state index in [0.29, 0.717) is 6.54 Å². The number of rotatable bonds is 7. The maximum Gasteiger partial charge on any atom is 0.270 e. The highest BCUT2D eigenvalue weighted by Crippen LogP contribution is 2.31. The first-order valence-corrected chi connectivity index (χ1v) is 10.3. The Bertz CT molecular complexity index is 840. The highest BCUT2D eigenvalue weighted by atomic mass is 32.1. The Balaban J connectivity index is 1.91. The van der Waals surface area contributed by atoms with Crippen LogP contribution >= 0.6 is 22.7 Å². The standard InChI is InChI=1S/C19H23N3OS2/c1-4-14-8-9-15-17(13-14)25-19(20-15)22(11-6-10-21(2)3)18(23)16-7-5-12-24-16/h5,7-9,12-13H,4,6,10-11H2,1-3H3/p+1. The van der Waals surface area contributed by atoms with Crippen LogP contribution in [0.15, 0.2) is 35.7 Å². The molecule has 0 aliphatic rings. The molecule has 2 aromatic heterocycles. The molecule has 1 amide bonds. The minimum atomic E-state index is 0.0542. The van der Waals surface area contributed by atoms with Crippen molar-refractivity contribution in [3.63, 3.8) is 0 Å². The molecule has 1 aromatic carbocycles. The van der Waals surface area contributed by atoms with E-state index in [1.165, 1.54) is 21.8 Å². The lowest BCUT2D eigenvalue weighted by atomic mass is 10.2. The van der Waals surface area contributed by atoms with E-state index in [1.807, 2.05) is 22.4 Å². The summed E-state index contributed by atoms with van der Waals surface area (Å²) in [5, 5.41) is 2.75. The molecule has 0 spiro atoms. The van der Waals surface area contributed by atoms with Crippen molar-refractivity contribution in [1.82, 2.24) is 4.98 Å². The van der Waals surface area contributed by atoms with Gasteiger partial charge >= 0.3 is 0 Å². The van der Waals surface area contributed by atoms with E-state index in [9.17, 15) is 4.79 Å². The molecule has 6 heteroatoms. The Morgan fingerprint density at radius 2 is 2.12 bits per heavy atom. The number of thiophene rings is 1. The molecular formula is C19H24N3OS2+. The van der Waals surface area contributed by atoms with E-state index in [4.69, 9.17) is 4.98 Å². The smallest absolute Gasteiger partial charge is 0.270 e. The summed E-state index contributed by atoms with van der Waals surface area (Å²) in [4.78, 5) is 21.7. The number of hydrogen-bond acceptors (Lipinski definition) is 4. The van der Waals surface area contributed by atoms with Gasteiger partial charge in [0, 0.05) is 13.0 Å². The molecule has 4 nitrogen and oxygen atoms in total. The number of nitrogens with zero attached hydrogens (tertiary/aromatic N) is 2. The average molecular weight is 375 g/mol. The minimum Gasteiger partial charge on any atom is -0.340 e. The quantitative estimate of drug-likeness (QED) is 0.690. The molecule has 0 aliphatic carbocycles. The van der Waals surface area contributed by atoms with E-state index in [2.05, 4.69) is 39.2 Å². The Kier molecular flexibility index (Phi) is 5.83. The summed E-state index contributed by atoms with van der Waals surface area (Å²) in [5.74, 6) is 0.0542. The first kappa shape index (κ1) is 18.0. The largest absolute Gasteiger partial charge is 0.340 e. The van der Waals surface area contributed by atoms with E-state index < -0.39 is 0 Å². The second-order valence-electron chi connectivity index (χ2n) is 6.40. The van der Waals surface area contributed by atoms with Crippen LogP contribution in [0.3, 0.4) is 0 Å². The number of aryl methyl sites for hydroxylation is 1. The summed E-state index contributed by atoms with van der Waals surface area (Å²) in [5.41, 5.74) is 2.27. The van der Waals surface area contributed by atoms with Crippen LogP contribution in [0.1, 0.15) is 28.6 Å². The number of anilines is 1. The Labute approximate surface area is 156 Å². The van der Waals surface area contributed by atoms with Gasteiger partial charge in [0.15, 0.2) is 5.13 Å². The maximum atomic E-state index is 13.0. The van der Waals surface area contributed by atoms with Gasteiger partial charge in [-0.3, -0.25) is 9.69 Å². The van der Waals surface area contributed by atoms with Gasteiger partial charge in [-0.1, -0.05) is 30.4 Å². The fraction of sp³-hybridized carbons (Fsp3) is 0.368. The molecule has 2 heterocycles. The molecule has 0 saturated heterocycles. The fourth-order valence-corrected chi connectivity index (χ4v) is 4.43. The van der Waals surface area contributed by atoms with Crippen LogP contribution in [0.4, 0.5) is 5.13 Å².